The zero-order valence-corrected chi connectivity index (χ0v) is 20.2. The molecule has 0 aromatic heterocycles. The molecule has 0 spiro atoms. The van der Waals surface area contributed by atoms with Gasteiger partial charge in [0, 0.05) is 24.2 Å². The summed E-state index contributed by atoms with van der Waals surface area (Å²) in [4.78, 5) is 27.1. The summed E-state index contributed by atoms with van der Waals surface area (Å²) < 4.78 is 66.8. The van der Waals surface area contributed by atoms with E-state index in [9.17, 15) is 31.2 Å². The molecule has 0 saturated heterocycles. The zero-order valence-electron chi connectivity index (χ0n) is 19.4. The Balaban J connectivity index is 2.42. The predicted molar refractivity (Wildman–Crippen MR) is 123 cm³/mol. The Morgan fingerprint density at radius 2 is 1.65 bits per heavy atom. The van der Waals surface area contributed by atoms with Crippen LogP contribution in [0.2, 0.25) is 0 Å². The molecule has 1 N–H and O–H groups in total. The number of amides is 2. The smallest absolute Gasteiger partial charge is 0.244 e. The van der Waals surface area contributed by atoms with E-state index < -0.39 is 51.9 Å². The van der Waals surface area contributed by atoms with Gasteiger partial charge in [-0.05, 0) is 38.5 Å². The zero-order chi connectivity index (χ0) is 25.6. The number of benzene rings is 2. The minimum absolute atomic E-state index is 0.123. The number of hydrogen-bond acceptors (Lipinski definition) is 4. The summed E-state index contributed by atoms with van der Waals surface area (Å²) in [5.41, 5.74) is -0.143. The second-order valence-corrected chi connectivity index (χ2v) is 9.88. The van der Waals surface area contributed by atoms with Gasteiger partial charge in [-0.2, -0.15) is 0 Å². The first kappa shape index (κ1) is 27.2. The number of sulfonamides is 1. The Morgan fingerprint density at radius 1 is 1.00 bits per heavy atom. The van der Waals surface area contributed by atoms with Crippen LogP contribution in [0.5, 0.6) is 0 Å². The third-order valence-corrected chi connectivity index (χ3v) is 6.48. The number of nitrogens with one attached hydrogen (secondary N) is 1. The van der Waals surface area contributed by atoms with Crippen LogP contribution in [0.3, 0.4) is 0 Å². The number of nitrogens with zero attached hydrogens (tertiary/aromatic N) is 2. The van der Waals surface area contributed by atoms with E-state index >= 15 is 0 Å². The summed E-state index contributed by atoms with van der Waals surface area (Å²) in [5, 5.41) is 2.74. The lowest BCUT2D eigenvalue weighted by molar-refractivity contribution is -0.139. The predicted octanol–water partition coefficient (Wildman–Crippen LogP) is 3.20. The molecule has 0 aliphatic carbocycles. The molecule has 0 unspecified atom stereocenters. The molecule has 0 aliphatic heterocycles. The fourth-order valence-electron chi connectivity index (χ4n) is 3.11. The van der Waals surface area contributed by atoms with Gasteiger partial charge < -0.3 is 10.2 Å². The molecule has 34 heavy (non-hydrogen) atoms. The molecule has 2 amide bonds. The first-order valence-corrected chi connectivity index (χ1v) is 12.5. The molecule has 2 atom stereocenters. The molecule has 7 nitrogen and oxygen atoms in total. The summed E-state index contributed by atoms with van der Waals surface area (Å²) in [7, 11) is -4.10. The van der Waals surface area contributed by atoms with Crippen molar-refractivity contribution in [3.05, 3.63) is 65.5 Å². The third kappa shape index (κ3) is 6.96. The standard InChI is InChI=1S/C23H28F3N3O4S/c1-5-15(2)27-23(31)16(3)28(13-17-8-6-7-9-19(17)24)22(30)14-29(34(4,32)33)18-10-11-20(25)21(26)12-18/h6-12,15-16H,5,13-14H2,1-4H3,(H,27,31)/t15-,16+/m0/s1. The van der Waals surface area contributed by atoms with E-state index in [1.165, 1.54) is 25.1 Å². The van der Waals surface area contributed by atoms with Gasteiger partial charge in [0.15, 0.2) is 11.6 Å². The Hall–Kier alpha value is -3.08. The van der Waals surface area contributed by atoms with Gasteiger partial charge in [0.2, 0.25) is 21.8 Å². The van der Waals surface area contributed by atoms with Crippen LogP contribution >= 0.6 is 0 Å². The van der Waals surface area contributed by atoms with Gasteiger partial charge in [-0.1, -0.05) is 25.1 Å². The quantitative estimate of drug-likeness (QED) is 0.544. The van der Waals surface area contributed by atoms with Gasteiger partial charge in [0.25, 0.3) is 0 Å². The molecule has 0 bridgehead atoms. The van der Waals surface area contributed by atoms with Crippen molar-refractivity contribution in [1.82, 2.24) is 10.2 Å². The summed E-state index contributed by atoms with van der Waals surface area (Å²) in [5.74, 6) is -4.40. The number of anilines is 1. The average molecular weight is 500 g/mol. The van der Waals surface area contributed by atoms with Crippen molar-refractivity contribution in [2.75, 3.05) is 17.1 Å². The lowest BCUT2D eigenvalue weighted by atomic mass is 10.1. The van der Waals surface area contributed by atoms with Crippen molar-refractivity contribution in [2.45, 2.75) is 45.8 Å². The maximum atomic E-state index is 14.3. The van der Waals surface area contributed by atoms with E-state index in [4.69, 9.17) is 0 Å². The van der Waals surface area contributed by atoms with Crippen LogP contribution in [0, 0.1) is 17.5 Å². The van der Waals surface area contributed by atoms with Crippen LogP contribution in [0.4, 0.5) is 18.9 Å². The van der Waals surface area contributed by atoms with Crippen molar-refractivity contribution in [2.24, 2.45) is 0 Å². The summed E-state index contributed by atoms with van der Waals surface area (Å²) in [6.45, 7) is 3.97. The lowest BCUT2D eigenvalue weighted by Gasteiger charge is -2.32. The van der Waals surface area contributed by atoms with Crippen LogP contribution in [-0.4, -0.2) is 50.0 Å². The van der Waals surface area contributed by atoms with Crippen molar-refractivity contribution >= 4 is 27.5 Å². The molecule has 0 heterocycles. The molecular formula is C23H28F3N3O4S. The van der Waals surface area contributed by atoms with Crippen LogP contribution in [-0.2, 0) is 26.2 Å². The number of carbonyl (C=O) groups excluding carboxylic acids is 2. The second-order valence-electron chi connectivity index (χ2n) is 7.97. The van der Waals surface area contributed by atoms with Gasteiger partial charge in [0.1, 0.15) is 18.4 Å². The van der Waals surface area contributed by atoms with E-state index in [1.807, 2.05) is 6.92 Å². The molecule has 11 heteroatoms. The summed E-state index contributed by atoms with van der Waals surface area (Å²) in [6.07, 6.45) is 1.44. The molecule has 0 fully saturated rings. The SMILES string of the molecule is CC[C@H](C)NC(=O)[C@@H](C)N(Cc1ccccc1F)C(=O)CN(c1ccc(F)c(F)c1)S(C)(=O)=O. The maximum absolute atomic E-state index is 14.3. The number of carbonyl (C=O) groups is 2. The molecular weight excluding hydrogens is 471 g/mol. The van der Waals surface area contributed by atoms with Crippen LogP contribution in [0.25, 0.3) is 0 Å². The van der Waals surface area contributed by atoms with E-state index in [1.54, 1.807) is 13.0 Å². The van der Waals surface area contributed by atoms with Gasteiger partial charge in [-0.15, -0.1) is 0 Å². The minimum atomic E-state index is -4.10. The van der Waals surface area contributed by atoms with E-state index in [2.05, 4.69) is 5.32 Å². The van der Waals surface area contributed by atoms with Crippen molar-refractivity contribution < 1.29 is 31.2 Å². The summed E-state index contributed by atoms with van der Waals surface area (Å²) >= 11 is 0. The first-order valence-electron chi connectivity index (χ1n) is 10.6. The third-order valence-electron chi connectivity index (χ3n) is 5.34. The Bertz CT molecular complexity index is 1140. The number of halogens is 3. The van der Waals surface area contributed by atoms with Gasteiger partial charge >= 0.3 is 0 Å². The van der Waals surface area contributed by atoms with Crippen molar-refractivity contribution in [3.63, 3.8) is 0 Å². The number of rotatable bonds is 10. The van der Waals surface area contributed by atoms with Crippen molar-refractivity contribution in [3.8, 4) is 0 Å². The molecule has 0 radical (unpaired) electrons. The Kier molecular flexibility index (Phi) is 9.08. The molecule has 0 saturated carbocycles. The normalized spacial score (nSPS) is 13.1. The average Bonchev–Trinajstić information content (AvgIpc) is 2.77. The first-order chi connectivity index (χ1) is 15.8. The number of hydrogen-bond donors (Lipinski definition) is 1. The highest BCUT2D eigenvalue weighted by Crippen LogP contribution is 2.22. The highest BCUT2D eigenvalue weighted by Gasteiger charge is 2.31. The highest BCUT2D eigenvalue weighted by molar-refractivity contribution is 7.92. The highest BCUT2D eigenvalue weighted by atomic mass is 32.2. The fraction of sp³-hybridized carbons (Fsp3) is 0.391. The van der Waals surface area contributed by atoms with Crippen molar-refractivity contribution in [1.29, 1.82) is 0 Å². The second kappa shape index (κ2) is 11.4. The van der Waals surface area contributed by atoms with Crippen LogP contribution < -0.4 is 9.62 Å². The van der Waals surface area contributed by atoms with Gasteiger partial charge in [0.05, 0.1) is 11.9 Å². The molecule has 0 aliphatic rings. The fourth-order valence-corrected chi connectivity index (χ4v) is 3.95. The topological polar surface area (TPSA) is 86.8 Å². The van der Waals surface area contributed by atoms with Crippen LogP contribution in [0.15, 0.2) is 42.5 Å². The Morgan fingerprint density at radius 3 is 2.21 bits per heavy atom. The maximum Gasteiger partial charge on any atom is 0.244 e. The molecule has 2 aromatic rings. The Labute approximate surface area is 197 Å². The van der Waals surface area contributed by atoms with Crippen LogP contribution in [0.1, 0.15) is 32.8 Å². The van der Waals surface area contributed by atoms with E-state index in [0.29, 0.717) is 16.8 Å². The van der Waals surface area contributed by atoms with E-state index in [-0.39, 0.29) is 23.8 Å². The monoisotopic (exact) mass is 499 g/mol. The molecule has 2 rings (SSSR count). The van der Waals surface area contributed by atoms with Gasteiger partial charge in [-0.3, -0.25) is 13.9 Å². The molecule has 2 aromatic carbocycles. The van der Waals surface area contributed by atoms with E-state index in [0.717, 1.165) is 23.3 Å². The summed E-state index contributed by atoms with van der Waals surface area (Å²) in [6, 6.07) is 6.84. The minimum Gasteiger partial charge on any atom is -0.352 e. The van der Waals surface area contributed by atoms with Gasteiger partial charge in [-0.25, -0.2) is 21.6 Å². The lowest BCUT2D eigenvalue weighted by Crippen LogP contribution is -2.52. The largest absolute Gasteiger partial charge is 0.352 e. The molecule has 186 valence electrons.